The maximum absolute atomic E-state index is 12.7. The number of hydrogen-bond donors (Lipinski definition) is 1. The number of halogens is 2. The molecule has 1 unspecified atom stereocenters. The number of hydrogen-bond acceptors (Lipinski definition) is 4. The van der Waals surface area contributed by atoms with Gasteiger partial charge in [0.05, 0.1) is 6.54 Å². The van der Waals surface area contributed by atoms with Crippen molar-refractivity contribution in [3.8, 4) is 0 Å². The lowest BCUT2D eigenvalue weighted by atomic mass is 10.1. The monoisotopic (exact) mass is 532 g/mol. The molecule has 29 heavy (non-hydrogen) atoms. The van der Waals surface area contributed by atoms with Crippen LogP contribution in [-0.2, 0) is 11.3 Å². The first-order valence-electron chi connectivity index (χ1n) is 10.1. The van der Waals surface area contributed by atoms with Crippen molar-refractivity contribution in [2.75, 3.05) is 66.0 Å². The van der Waals surface area contributed by atoms with Crippen molar-refractivity contribution in [3.63, 3.8) is 0 Å². The molecule has 4 fully saturated rings. The predicted molar refractivity (Wildman–Crippen MR) is 127 cm³/mol. The van der Waals surface area contributed by atoms with Gasteiger partial charge in [0.2, 0.25) is 5.91 Å². The van der Waals surface area contributed by atoms with E-state index in [1.807, 2.05) is 29.2 Å². The average Bonchev–Trinajstić information content (AvgIpc) is 2.73. The summed E-state index contributed by atoms with van der Waals surface area (Å²) in [6.45, 7) is 9.19. The molecule has 7 nitrogen and oxygen atoms in total. The molecule has 1 N–H and O–H groups in total. The Morgan fingerprint density at radius 3 is 2.45 bits per heavy atom. The van der Waals surface area contributed by atoms with E-state index in [2.05, 4.69) is 25.0 Å². The number of carbonyl (C=O) groups is 1. The average molecular weight is 533 g/mol. The van der Waals surface area contributed by atoms with Crippen LogP contribution in [0, 0.1) is 0 Å². The Balaban J connectivity index is 0.00000240. The van der Waals surface area contributed by atoms with Crippen LogP contribution in [0.1, 0.15) is 5.56 Å². The first kappa shape index (κ1) is 22.6. The molecule has 0 radical (unpaired) electrons. The number of rotatable bonds is 4. The van der Waals surface area contributed by atoms with E-state index in [0.717, 1.165) is 44.2 Å². The Kier molecular flexibility index (Phi) is 8.00. The van der Waals surface area contributed by atoms with E-state index in [1.165, 1.54) is 13.1 Å². The third-order valence-corrected chi connectivity index (χ3v) is 6.26. The van der Waals surface area contributed by atoms with Crippen LogP contribution in [-0.4, -0.2) is 103 Å². The molecule has 1 atom stereocenters. The number of piperazine rings is 4. The minimum absolute atomic E-state index is 0. The highest BCUT2D eigenvalue weighted by molar-refractivity contribution is 14.0. The van der Waals surface area contributed by atoms with Gasteiger partial charge in [0.1, 0.15) is 0 Å². The van der Waals surface area contributed by atoms with E-state index >= 15 is 0 Å². The minimum Gasteiger partial charge on any atom is -0.355 e. The Labute approximate surface area is 195 Å². The fourth-order valence-corrected chi connectivity index (χ4v) is 4.45. The highest BCUT2D eigenvalue weighted by atomic mass is 127. The molecule has 0 aromatic heterocycles. The van der Waals surface area contributed by atoms with E-state index in [0.29, 0.717) is 30.7 Å². The molecular weight excluding hydrogens is 503 g/mol. The summed E-state index contributed by atoms with van der Waals surface area (Å²) in [5.74, 6) is 0.966. The fraction of sp³-hybridized carbons (Fsp3) is 0.600. The number of fused-ring (bicyclic) bond motifs is 3. The van der Waals surface area contributed by atoms with Crippen molar-refractivity contribution in [1.29, 1.82) is 0 Å². The van der Waals surface area contributed by atoms with Gasteiger partial charge in [0, 0.05) is 77.0 Å². The van der Waals surface area contributed by atoms with Crippen molar-refractivity contribution in [1.82, 2.24) is 24.9 Å². The number of amides is 1. The number of nitrogens with zero attached hydrogens (tertiary/aromatic N) is 5. The molecule has 1 aromatic rings. The van der Waals surface area contributed by atoms with Crippen LogP contribution < -0.4 is 5.32 Å². The summed E-state index contributed by atoms with van der Waals surface area (Å²) in [7, 11) is 1.80. The largest absolute Gasteiger partial charge is 0.355 e. The van der Waals surface area contributed by atoms with Crippen molar-refractivity contribution in [2.24, 2.45) is 4.99 Å². The number of aliphatic imine (C=N–C) groups is 1. The lowest BCUT2D eigenvalue weighted by Crippen LogP contribution is -2.64. The van der Waals surface area contributed by atoms with Gasteiger partial charge in [-0.3, -0.25) is 19.6 Å². The Bertz CT molecular complexity index is 722. The summed E-state index contributed by atoms with van der Waals surface area (Å²) in [5, 5.41) is 4.22. The molecule has 0 saturated carbocycles. The molecule has 5 rings (SSSR count). The molecular formula is C20H30ClIN6O. The quantitative estimate of drug-likeness (QED) is 0.359. The van der Waals surface area contributed by atoms with E-state index in [9.17, 15) is 4.79 Å². The number of nitrogens with one attached hydrogen (secondary N) is 1. The van der Waals surface area contributed by atoms with Gasteiger partial charge < -0.3 is 15.1 Å². The molecule has 1 aromatic carbocycles. The van der Waals surface area contributed by atoms with Crippen LogP contribution in [0.3, 0.4) is 0 Å². The van der Waals surface area contributed by atoms with Gasteiger partial charge in [-0.05, 0) is 17.7 Å². The van der Waals surface area contributed by atoms with Gasteiger partial charge in [0.15, 0.2) is 5.96 Å². The van der Waals surface area contributed by atoms with Crippen molar-refractivity contribution >= 4 is 47.4 Å². The van der Waals surface area contributed by atoms with Crippen LogP contribution in [0.2, 0.25) is 5.02 Å². The van der Waals surface area contributed by atoms with Crippen LogP contribution >= 0.6 is 35.6 Å². The summed E-state index contributed by atoms with van der Waals surface area (Å²) in [4.78, 5) is 26.2. The number of guanidine groups is 1. The highest BCUT2D eigenvalue weighted by Gasteiger charge is 2.32. The molecule has 4 heterocycles. The molecule has 1 amide bonds. The van der Waals surface area contributed by atoms with Crippen molar-refractivity contribution in [2.45, 2.75) is 12.6 Å². The molecule has 160 valence electrons. The Morgan fingerprint density at radius 1 is 1.14 bits per heavy atom. The van der Waals surface area contributed by atoms with Crippen LogP contribution in [0.15, 0.2) is 29.3 Å². The first-order chi connectivity index (χ1) is 13.6. The summed E-state index contributed by atoms with van der Waals surface area (Å²) in [6.07, 6.45) is 0. The predicted octanol–water partition coefficient (Wildman–Crippen LogP) is 1.18. The van der Waals surface area contributed by atoms with Gasteiger partial charge in [-0.15, -0.1) is 24.0 Å². The van der Waals surface area contributed by atoms with Gasteiger partial charge in [-0.2, -0.15) is 0 Å². The lowest BCUT2D eigenvalue weighted by molar-refractivity contribution is -0.135. The topological polar surface area (TPSA) is 54.4 Å². The summed E-state index contributed by atoms with van der Waals surface area (Å²) in [6, 6.07) is 8.22. The van der Waals surface area contributed by atoms with Gasteiger partial charge in [-0.25, -0.2) is 0 Å². The summed E-state index contributed by atoms with van der Waals surface area (Å²) >= 11 is 5.95. The molecule has 2 bridgehead atoms. The van der Waals surface area contributed by atoms with Crippen molar-refractivity contribution < 1.29 is 4.79 Å². The SMILES string of the molecule is CN=C(NCC1CN2CCN1CC2)N1CCN(Cc2ccc(Cl)cc2)C(=O)C1.I. The van der Waals surface area contributed by atoms with E-state index < -0.39 is 0 Å². The molecule has 4 aliphatic rings. The van der Waals surface area contributed by atoms with Crippen LogP contribution in [0.25, 0.3) is 0 Å². The van der Waals surface area contributed by atoms with E-state index in [-0.39, 0.29) is 29.9 Å². The normalized spacial score (nSPS) is 27.0. The fourth-order valence-electron chi connectivity index (χ4n) is 4.33. The zero-order valence-electron chi connectivity index (χ0n) is 16.9. The third-order valence-electron chi connectivity index (χ3n) is 6.00. The number of benzene rings is 1. The van der Waals surface area contributed by atoms with E-state index in [1.54, 1.807) is 7.05 Å². The third kappa shape index (κ3) is 5.53. The maximum atomic E-state index is 12.7. The minimum atomic E-state index is 0. The van der Waals surface area contributed by atoms with Crippen molar-refractivity contribution in [3.05, 3.63) is 34.9 Å². The summed E-state index contributed by atoms with van der Waals surface area (Å²) in [5.41, 5.74) is 1.10. The lowest BCUT2D eigenvalue weighted by Gasteiger charge is -2.47. The van der Waals surface area contributed by atoms with Gasteiger partial charge in [0.25, 0.3) is 0 Å². The Hall–Kier alpha value is -1.10. The molecule has 0 spiro atoms. The number of carbonyl (C=O) groups excluding carboxylic acids is 1. The van der Waals surface area contributed by atoms with Crippen LogP contribution in [0.4, 0.5) is 0 Å². The molecule has 4 saturated heterocycles. The smallest absolute Gasteiger partial charge is 0.242 e. The first-order valence-corrected chi connectivity index (χ1v) is 10.4. The molecule has 0 aliphatic carbocycles. The maximum Gasteiger partial charge on any atom is 0.242 e. The van der Waals surface area contributed by atoms with Gasteiger partial charge in [-0.1, -0.05) is 23.7 Å². The second-order valence-electron chi connectivity index (χ2n) is 7.78. The Morgan fingerprint density at radius 2 is 1.86 bits per heavy atom. The van der Waals surface area contributed by atoms with Crippen LogP contribution in [0.5, 0.6) is 0 Å². The second-order valence-corrected chi connectivity index (χ2v) is 8.22. The highest BCUT2D eigenvalue weighted by Crippen LogP contribution is 2.16. The summed E-state index contributed by atoms with van der Waals surface area (Å²) < 4.78 is 0. The second kappa shape index (κ2) is 10.3. The zero-order chi connectivity index (χ0) is 19.5. The van der Waals surface area contributed by atoms with E-state index in [4.69, 9.17) is 11.6 Å². The molecule has 4 aliphatic heterocycles. The van der Waals surface area contributed by atoms with Gasteiger partial charge >= 0.3 is 0 Å². The molecule has 9 heteroatoms. The zero-order valence-corrected chi connectivity index (χ0v) is 20.0. The standard InChI is InChI=1S/C20H29ClN6O.HI/c1-22-20(23-12-18-14-24-6-8-25(18)9-7-24)27-11-10-26(19(28)15-27)13-16-2-4-17(21)5-3-16;/h2-5,18H,6-15H2,1H3,(H,22,23);1H.